The van der Waals surface area contributed by atoms with Crippen LogP contribution in [0.2, 0.25) is 0 Å². The number of hydrogen-bond acceptors (Lipinski definition) is 4. The van der Waals surface area contributed by atoms with E-state index < -0.39 is 0 Å². The van der Waals surface area contributed by atoms with Gasteiger partial charge in [0.25, 0.3) is 0 Å². The lowest BCUT2D eigenvalue weighted by molar-refractivity contribution is 0.0716. The van der Waals surface area contributed by atoms with Crippen molar-refractivity contribution in [2.24, 2.45) is 0 Å². The summed E-state index contributed by atoms with van der Waals surface area (Å²) in [6.45, 7) is 2.13. The van der Waals surface area contributed by atoms with Gasteiger partial charge in [-0.25, -0.2) is 9.78 Å². The zero-order valence-corrected chi connectivity index (χ0v) is 13.0. The third-order valence-electron chi connectivity index (χ3n) is 3.60. The van der Waals surface area contributed by atoms with E-state index in [1.165, 1.54) is 0 Å². The lowest BCUT2D eigenvalue weighted by atomic mass is 10.2. The van der Waals surface area contributed by atoms with Crippen molar-refractivity contribution >= 4 is 6.03 Å². The predicted molar refractivity (Wildman–Crippen MR) is 84.6 cm³/mol. The number of carbonyl (C=O) groups excluding carboxylic acids is 1. The molecule has 0 spiro atoms. The molecule has 122 valence electrons. The van der Waals surface area contributed by atoms with Gasteiger partial charge in [0.2, 0.25) is 0 Å². The summed E-state index contributed by atoms with van der Waals surface area (Å²) in [5.41, 5.74) is 0. The van der Waals surface area contributed by atoms with Crippen LogP contribution in [0.3, 0.4) is 0 Å². The van der Waals surface area contributed by atoms with E-state index in [9.17, 15) is 4.79 Å². The normalized spacial score (nSPS) is 16.0. The molecule has 1 N–H and O–H groups in total. The number of hydrogen-bond donors (Lipinski definition) is 1. The molecular weight excluding hydrogens is 296 g/mol. The van der Waals surface area contributed by atoms with Crippen molar-refractivity contribution in [3.05, 3.63) is 43.0 Å². The maximum absolute atomic E-state index is 12.1. The predicted octanol–water partition coefficient (Wildman–Crippen LogP) is 1.36. The molecule has 0 aliphatic carbocycles. The van der Waals surface area contributed by atoms with Gasteiger partial charge in [0, 0.05) is 32.5 Å². The van der Waals surface area contributed by atoms with Crippen LogP contribution >= 0.6 is 0 Å². The largest absolute Gasteiger partial charge is 0.486 e. The summed E-state index contributed by atoms with van der Waals surface area (Å²) < 4.78 is 13.4. The number of aromatic nitrogens is 2. The molecule has 1 aromatic carbocycles. The standard InChI is InChI=1S/C16H20N4O3/c1-19(16(21)18-7-9-20-8-6-17-12-20)10-13-11-22-14-4-2-3-5-15(14)23-13/h2-6,8,12-13H,7,9-11H2,1H3,(H,18,21)/t13-/m0/s1. The minimum Gasteiger partial charge on any atom is -0.486 e. The van der Waals surface area contributed by atoms with Gasteiger partial charge in [0.1, 0.15) is 6.61 Å². The summed E-state index contributed by atoms with van der Waals surface area (Å²) in [5, 5.41) is 2.87. The third-order valence-corrected chi connectivity index (χ3v) is 3.60. The molecule has 2 heterocycles. The number of para-hydroxylation sites is 2. The smallest absolute Gasteiger partial charge is 0.317 e. The van der Waals surface area contributed by atoms with Crippen LogP contribution < -0.4 is 14.8 Å². The molecule has 0 saturated heterocycles. The minimum absolute atomic E-state index is 0.132. The highest BCUT2D eigenvalue weighted by Gasteiger charge is 2.23. The first-order valence-corrected chi connectivity index (χ1v) is 7.55. The van der Waals surface area contributed by atoms with Crippen LogP contribution in [0.15, 0.2) is 43.0 Å². The van der Waals surface area contributed by atoms with E-state index in [0.717, 1.165) is 11.5 Å². The Balaban J connectivity index is 1.43. The van der Waals surface area contributed by atoms with Gasteiger partial charge in [-0.3, -0.25) is 0 Å². The van der Waals surface area contributed by atoms with Crippen LogP contribution in [0, 0.1) is 0 Å². The SMILES string of the molecule is CN(C[C@H]1COc2ccccc2O1)C(=O)NCCn1ccnc1. The summed E-state index contributed by atoms with van der Waals surface area (Å²) in [6, 6.07) is 7.41. The van der Waals surface area contributed by atoms with E-state index in [-0.39, 0.29) is 12.1 Å². The second kappa shape index (κ2) is 7.04. The van der Waals surface area contributed by atoms with Gasteiger partial charge in [0.15, 0.2) is 17.6 Å². The molecule has 0 radical (unpaired) electrons. The monoisotopic (exact) mass is 316 g/mol. The fourth-order valence-corrected chi connectivity index (χ4v) is 2.39. The summed E-state index contributed by atoms with van der Waals surface area (Å²) in [4.78, 5) is 17.7. The Morgan fingerprint density at radius 3 is 3.04 bits per heavy atom. The average Bonchev–Trinajstić information content (AvgIpc) is 3.08. The summed E-state index contributed by atoms with van der Waals surface area (Å²) in [5.74, 6) is 1.47. The summed E-state index contributed by atoms with van der Waals surface area (Å²) in [7, 11) is 1.75. The van der Waals surface area contributed by atoms with Crippen LogP contribution in [0.4, 0.5) is 4.79 Å². The van der Waals surface area contributed by atoms with Crippen molar-refractivity contribution in [2.75, 3.05) is 26.7 Å². The van der Waals surface area contributed by atoms with Gasteiger partial charge in [-0.15, -0.1) is 0 Å². The number of likely N-dealkylation sites (N-methyl/N-ethyl adjacent to an activating group) is 1. The number of imidazole rings is 1. The van der Waals surface area contributed by atoms with Crippen LogP contribution in [0.5, 0.6) is 11.5 Å². The Kier molecular flexibility index (Phi) is 4.65. The molecule has 0 saturated carbocycles. The van der Waals surface area contributed by atoms with Crippen LogP contribution in [-0.2, 0) is 6.54 Å². The molecule has 23 heavy (non-hydrogen) atoms. The van der Waals surface area contributed by atoms with E-state index in [1.807, 2.05) is 35.0 Å². The fraction of sp³-hybridized carbons (Fsp3) is 0.375. The van der Waals surface area contributed by atoms with Crippen molar-refractivity contribution in [1.29, 1.82) is 0 Å². The molecule has 7 heteroatoms. The molecule has 7 nitrogen and oxygen atoms in total. The first-order valence-electron chi connectivity index (χ1n) is 7.55. The number of nitrogens with zero attached hydrogens (tertiary/aromatic N) is 3. The van der Waals surface area contributed by atoms with Gasteiger partial charge in [0.05, 0.1) is 12.9 Å². The lowest BCUT2D eigenvalue weighted by Gasteiger charge is -2.29. The molecule has 0 bridgehead atoms. The number of rotatable bonds is 5. The van der Waals surface area contributed by atoms with E-state index in [1.54, 1.807) is 24.5 Å². The quantitative estimate of drug-likeness (QED) is 0.904. The van der Waals surface area contributed by atoms with Gasteiger partial charge in [-0.05, 0) is 12.1 Å². The first-order chi connectivity index (χ1) is 11.2. The van der Waals surface area contributed by atoms with Crippen LogP contribution in [0.25, 0.3) is 0 Å². The molecule has 1 aliphatic heterocycles. The van der Waals surface area contributed by atoms with E-state index >= 15 is 0 Å². The van der Waals surface area contributed by atoms with Gasteiger partial charge in [-0.2, -0.15) is 0 Å². The zero-order chi connectivity index (χ0) is 16.1. The van der Waals surface area contributed by atoms with E-state index in [0.29, 0.717) is 26.2 Å². The number of fused-ring (bicyclic) bond motifs is 1. The number of ether oxygens (including phenoxy) is 2. The molecule has 1 aromatic heterocycles. The van der Waals surface area contributed by atoms with Crippen molar-refractivity contribution in [3.8, 4) is 11.5 Å². The number of amides is 2. The van der Waals surface area contributed by atoms with Crippen molar-refractivity contribution < 1.29 is 14.3 Å². The summed E-state index contributed by atoms with van der Waals surface area (Å²) in [6.07, 6.45) is 5.13. The van der Waals surface area contributed by atoms with Crippen LogP contribution in [0.1, 0.15) is 0 Å². The topological polar surface area (TPSA) is 68.6 Å². The Labute approximate surface area is 134 Å². The molecule has 3 rings (SSSR count). The average molecular weight is 316 g/mol. The second-order valence-corrected chi connectivity index (χ2v) is 5.41. The van der Waals surface area contributed by atoms with Crippen LogP contribution in [-0.4, -0.2) is 53.3 Å². The molecule has 1 aliphatic rings. The molecule has 2 amide bonds. The molecule has 0 fully saturated rings. The van der Waals surface area contributed by atoms with Crippen molar-refractivity contribution in [2.45, 2.75) is 12.6 Å². The highest BCUT2D eigenvalue weighted by Crippen LogP contribution is 2.30. The lowest BCUT2D eigenvalue weighted by Crippen LogP contribution is -2.46. The second-order valence-electron chi connectivity index (χ2n) is 5.41. The Morgan fingerprint density at radius 2 is 2.26 bits per heavy atom. The molecular formula is C16H20N4O3. The van der Waals surface area contributed by atoms with Gasteiger partial charge < -0.3 is 24.3 Å². The Hall–Kier alpha value is -2.70. The summed E-state index contributed by atoms with van der Waals surface area (Å²) >= 11 is 0. The van der Waals surface area contributed by atoms with Crippen molar-refractivity contribution in [1.82, 2.24) is 19.8 Å². The van der Waals surface area contributed by atoms with Crippen molar-refractivity contribution in [3.63, 3.8) is 0 Å². The first kappa shape index (κ1) is 15.2. The number of carbonyl (C=O) groups is 1. The minimum atomic E-state index is -0.172. The molecule has 1 atom stereocenters. The van der Waals surface area contributed by atoms with Gasteiger partial charge >= 0.3 is 6.03 Å². The van der Waals surface area contributed by atoms with E-state index in [2.05, 4.69) is 10.3 Å². The third kappa shape index (κ3) is 3.94. The Morgan fingerprint density at radius 1 is 1.43 bits per heavy atom. The maximum atomic E-state index is 12.1. The molecule has 2 aromatic rings. The maximum Gasteiger partial charge on any atom is 0.317 e. The Bertz CT molecular complexity index is 645. The highest BCUT2D eigenvalue weighted by atomic mass is 16.6. The number of benzene rings is 1. The van der Waals surface area contributed by atoms with Gasteiger partial charge in [-0.1, -0.05) is 12.1 Å². The van der Waals surface area contributed by atoms with E-state index in [4.69, 9.17) is 9.47 Å². The molecule has 0 unspecified atom stereocenters. The fourth-order valence-electron chi connectivity index (χ4n) is 2.39. The highest BCUT2D eigenvalue weighted by molar-refractivity contribution is 5.73. The number of nitrogens with one attached hydrogen (secondary N) is 1. The number of urea groups is 1. The zero-order valence-electron chi connectivity index (χ0n) is 13.0.